The predicted octanol–water partition coefficient (Wildman–Crippen LogP) is 4.63. The Morgan fingerprint density at radius 1 is 1.14 bits per heavy atom. The molecular formula is C30H37N7O4S. The molecular weight excluding hydrogens is 554 g/mol. The molecule has 2 heterocycles. The van der Waals surface area contributed by atoms with Crippen LogP contribution in [-0.4, -0.2) is 74.7 Å². The van der Waals surface area contributed by atoms with Gasteiger partial charge in [0.1, 0.15) is 16.5 Å². The summed E-state index contributed by atoms with van der Waals surface area (Å²) >= 11 is 0. The molecule has 0 unspecified atom stereocenters. The topological polar surface area (TPSA) is 134 Å². The van der Waals surface area contributed by atoms with Crippen molar-refractivity contribution >= 4 is 33.2 Å². The van der Waals surface area contributed by atoms with Crippen LogP contribution in [0.25, 0.3) is 16.8 Å². The van der Waals surface area contributed by atoms with E-state index in [9.17, 15) is 8.42 Å². The van der Waals surface area contributed by atoms with E-state index in [0.717, 1.165) is 30.5 Å². The summed E-state index contributed by atoms with van der Waals surface area (Å²) in [4.78, 5) is 7.00. The molecule has 12 heteroatoms. The molecule has 4 rings (SSSR count). The largest absolute Gasteiger partial charge is 0.495 e. The van der Waals surface area contributed by atoms with Gasteiger partial charge in [-0.15, -0.1) is 0 Å². The second-order valence-electron chi connectivity index (χ2n) is 10.0. The highest BCUT2D eigenvalue weighted by atomic mass is 32.2. The second-order valence-corrected chi connectivity index (χ2v) is 12.0. The Bertz CT molecular complexity index is 1700. The van der Waals surface area contributed by atoms with Crippen LogP contribution in [0, 0.1) is 12.3 Å². The van der Waals surface area contributed by atoms with Crippen LogP contribution in [0.15, 0.2) is 65.7 Å². The lowest BCUT2D eigenvalue weighted by atomic mass is 10.1. The maximum atomic E-state index is 12.5. The lowest BCUT2D eigenvalue weighted by molar-refractivity contribution is 0.273. The molecule has 0 bridgehead atoms. The zero-order valence-corrected chi connectivity index (χ0v) is 25.3. The minimum Gasteiger partial charge on any atom is -0.495 e. The van der Waals surface area contributed by atoms with Crippen molar-refractivity contribution in [3.8, 4) is 22.8 Å². The van der Waals surface area contributed by atoms with Crippen LogP contribution in [0.1, 0.15) is 17.7 Å². The molecule has 11 nitrogen and oxygen atoms in total. The zero-order valence-electron chi connectivity index (χ0n) is 24.5. The third-order valence-corrected chi connectivity index (χ3v) is 7.55. The van der Waals surface area contributed by atoms with Crippen LogP contribution >= 0.6 is 0 Å². The van der Waals surface area contributed by atoms with Gasteiger partial charge in [0.15, 0.2) is 15.5 Å². The van der Waals surface area contributed by atoms with Crippen molar-refractivity contribution in [1.29, 1.82) is 5.41 Å². The van der Waals surface area contributed by atoms with Gasteiger partial charge in [-0.05, 0) is 68.9 Å². The standard InChI is InChI=1S/C30H37N7O4S/c1-21-29(23-11-12-25(40-4)26(18-23)42(5,38)39)30-34-28(41-16-8-15-36(2)3)19-27(37(30)35-21)33-20-22-9-6-10-24(17-22)32-14-7-13-31/h6-7,9-14,17-19,31-33H,8,15-16,20H2,1-5H3/b14-7-,31-13?. The molecule has 0 atom stereocenters. The number of aryl methyl sites for hydroxylation is 1. The van der Waals surface area contributed by atoms with Crippen LogP contribution in [0.5, 0.6) is 11.6 Å². The molecule has 2 aromatic carbocycles. The number of hydrogen-bond acceptors (Lipinski definition) is 10. The maximum Gasteiger partial charge on any atom is 0.219 e. The van der Waals surface area contributed by atoms with Gasteiger partial charge in [-0.25, -0.2) is 8.42 Å². The number of hydrogen-bond donors (Lipinski definition) is 3. The Morgan fingerprint density at radius 3 is 2.67 bits per heavy atom. The molecule has 0 aliphatic rings. The Balaban J connectivity index is 1.74. The number of nitrogens with one attached hydrogen (secondary N) is 3. The Morgan fingerprint density at radius 2 is 1.95 bits per heavy atom. The van der Waals surface area contributed by atoms with Gasteiger partial charge in [0, 0.05) is 49.1 Å². The molecule has 0 saturated carbocycles. The number of rotatable bonds is 14. The van der Waals surface area contributed by atoms with Crippen LogP contribution in [0.2, 0.25) is 0 Å². The van der Waals surface area contributed by atoms with Crippen molar-refractivity contribution in [3.05, 3.63) is 72.1 Å². The first-order valence-electron chi connectivity index (χ1n) is 13.4. The van der Waals surface area contributed by atoms with E-state index in [1.807, 2.05) is 57.4 Å². The van der Waals surface area contributed by atoms with Crippen molar-refractivity contribution in [2.45, 2.75) is 24.8 Å². The number of benzene rings is 2. The summed E-state index contributed by atoms with van der Waals surface area (Å²) in [5, 5.41) is 18.5. The van der Waals surface area contributed by atoms with Crippen molar-refractivity contribution < 1.29 is 17.9 Å². The van der Waals surface area contributed by atoms with Gasteiger partial charge in [-0.3, -0.25) is 0 Å². The molecule has 0 radical (unpaired) electrons. The summed E-state index contributed by atoms with van der Waals surface area (Å²) < 4.78 is 38.2. The summed E-state index contributed by atoms with van der Waals surface area (Å²) in [5.41, 5.74) is 4.51. The molecule has 3 N–H and O–H groups in total. The fourth-order valence-corrected chi connectivity index (χ4v) is 5.33. The first-order valence-corrected chi connectivity index (χ1v) is 15.3. The zero-order chi connectivity index (χ0) is 30.3. The second kappa shape index (κ2) is 13.5. The smallest absolute Gasteiger partial charge is 0.219 e. The van der Waals surface area contributed by atoms with Gasteiger partial charge in [0.25, 0.3) is 0 Å². The van der Waals surface area contributed by atoms with E-state index >= 15 is 0 Å². The van der Waals surface area contributed by atoms with Crippen LogP contribution in [-0.2, 0) is 16.4 Å². The lowest BCUT2D eigenvalue weighted by Gasteiger charge is -2.14. The summed E-state index contributed by atoms with van der Waals surface area (Å²) in [5.74, 6) is 1.39. The Kier molecular flexibility index (Phi) is 9.81. The van der Waals surface area contributed by atoms with E-state index in [1.54, 1.807) is 28.9 Å². The average molecular weight is 592 g/mol. The molecule has 2 aromatic heterocycles. The molecule has 0 fully saturated rings. The van der Waals surface area contributed by atoms with Gasteiger partial charge in [-0.1, -0.05) is 18.2 Å². The highest BCUT2D eigenvalue weighted by molar-refractivity contribution is 7.90. The van der Waals surface area contributed by atoms with E-state index in [0.29, 0.717) is 47.3 Å². The van der Waals surface area contributed by atoms with Gasteiger partial charge < -0.3 is 30.4 Å². The molecule has 0 spiro atoms. The molecule has 222 valence electrons. The van der Waals surface area contributed by atoms with Gasteiger partial charge in [0.05, 0.1) is 19.4 Å². The van der Waals surface area contributed by atoms with Crippen molar-refractivity contribution in [2.75, 3.05) is 51.2 Å². The maximum absolute atomic E-state index is 12.5. The van der Waals surface area contributed by atoms with Gasteiger partial charge in [0.2, 0.25) is 5.88 Å². The number of allylic oxidation sites excluding steroid dienone is 1. The Labute approximate surface area is 246 Å². The van der Waals surface area contributed by atoms with E-state index in [2.05, 4.69) is 15.5 Å². The fraction of sp³-hybridized carbons (Fsp3) is 0.300. The highest BCUT2D eigenvalue weighted by Gasteiger charge is 2.21. The molecule has 0 aliphatic carbocycles. The third kappa shape index (κ3) is 7.45. The quantitative estimate of drug-likeness (QED) is 0.142. The summed E-state index contributed by atoms with van der Waals surface area (Å²) in [7, 11) is 1.93. The Hall–Kier alpha value is -4.42. The minimum absolute atomic E-state index is 0.0969. The van der Waals surface area contributed by atoms with E-state index in [4.69, 9.17) is 25.0 Å². The molecule has 42 heavy (non-hydrogen) atoms. The van der Waals surface area contributed by atoms with Crippen LogP contribution in [0.4, 0.5) is 11.5 Å². The number of aromatic nitrogens is 3. The molecule has 4 aromatic rings. The van der Waals surface area contributed by atoms with E-state index in [1.165, 1.54) is 13.3 Å². The molecule has 0 amide bonds. The monoisotopic (exact) mass is 591 g/mol. The average Bonchev–Trinajstić information content (AvgIpc) is 3.29. The number of sulfone groups is 1. The predicted molar refractivity (Wildman–Crippen MR) is 167 cm³/mol. The van der Waals surface area contributed by atoms with Crippen molar-refractivity contribution in [3.63, 3.8) is 0 Å². The third-order valence-electron chi connectivity index (χ3n) is 6.43. The van der Waals surface area contributed by atoms with Crippen LogP contribution in [0.3, 0.4) is 0 Å². The fourth-order valence-electron chi connectivity index (χ4n) is 4.47. The molecule has 0 aliphatic heterocycles. The van der Waals surface area contributed by atoms with Crippen molar-refractivity contribution in [2.24, 2.45) is 0 Å². The van der Waals surface area contributed by atoms with Gasteiger partial charge >= 0.3 is 0 Å². The first kappa shape index (κ1) is 30.5. The number of nitrogens with zero attached hydrogens (tertiary/aromatic N) is 4. The number of anilines is 2. The first-order chi connectivity index (χ1) is 20.1. The van der Waals surface area contributed by atoms with Crippen molar-refractivity contribution in [1.82, 2.24) is 19.5 Å². The summed E-state index contributed by atoms with van der Waals surface area (Å²) in [6.45, 7) is 3.73. The normalized spacial score (nSPS) is 11.8. The highest BCUT2D eigenvalue weighted by Crippen LogP contribution is 2.35. The van der Waals surface area contributed by atoms with Gasteiger partial charge in [-0.2, -0.15) is 14.6 Å². The van der Waals surface area contributed by atoms with Crippen LogP contribution < -0.4 is 20.1 Å². The summed E-state index contributed by atoms with van der Waals surface area (Å²) in [6.07, 6.45) is 6.51. The van der Waals surface area contributed by atoms with E-state index in [-0.39, 0.29) is 10.6 Å². The number of ether oxygens (including phenoxy) is 2. The summed E-state index contributed by atoms with van der Waals surface area (Å²) in [6, 6.07) is 14.8. The van der Waals surface area contributed by atoms with E-state index < -0.39 is 9.84 Å². The SMILES string of the molecule is COc1ccc(-c2c(C)nn3c(NCc4cccc(N/C=C\C=N)c4)cc(OCCCN(C)C)nc23)cc1S(C)(=O)=O. The molecule has 0 saturated heterocycles. The lowest BCUT2D eigenvalue weighted by Crippen LogP contribution is -2.16. The minimum atomic E-state index is -3.55. The number of methoxy groups -OCH3 is 1. The number of fused-ring (bicyclic) bond motifs is 1.